The molecule has 0 N–H and O–H groups in total. The van der Waals surface area contributed by atoms with Crippen molar-refractivity contribution < 1.29 is 32.2 Å². The molecular weight excluding hydrogens is 503 g/mol. The number of likely N-dealkylation sites (tertiary alicyclic amines) is 1. The molecule has 0 bridgehead atoms. The molecule has 3 heterocycles. The van der Waals surface area contributed by atoms with Crippen LogP contribution < -0.4 is 5.56 Å². The molecule has 2 fully saturated rings. The summed E-state index contributed by atoms with van der Waals surface area (Å²) in [6, 6.07) is 8.74. The maximum absolute atomic E-state index is 13.9. The van der Waals surface area contributed by atoms with E-state index in [0.717, 1.165) is 10.5 Å². The van der Waals surface area contributed by atoms with Crippen LogP contribution in [0.25, 0.3) is 11.1 Å². The van der Waals surface area contributed by atoms with Crippen LogP contribution in [0, 0.1) is 0 Å². The quantitative estimate of drug-likeness (QED) is 0.562. The molecule has 0 saturated carbocycles. The SMILES string of the molecule is CC(C)(C)OC(=O)N1CC(n2ccc(-c3ccc(C4OC(C)(C)N(C(=O)C(F)F)C4CF)cc3)cc2=O)C1. The van der Waals surface area contributed by atoms with Crippen LogP contribution >= 0.6 is 0 Å². The molecule has 2 unspecified atom stereocenters. The Hall–Kier alpha value is -3.34. The van der Waals surface area contributed by atoms with Crippen LogP contribution in [-0.4, -0.2) is 69.9 Å². The molecule has 2 amide bonds. The zero-order valence-electron chi connectivity index (χ0n) is 22.0. The number of aromatic nitrogens is 1. The first-order valence-corrected chi connectivity index (χ1v) is 12.4. The Kier molecular flexibility index (Phi) is 7.35. The van der Waals surface area contributed by atoms with E-state index in [1.807, 2.05) is 0 Å². The Morgan fingerprint density at radius 1 is 1.11 bits per heavy atom. The number of hydrogen-bond donors (Lipinski definition) is 0. The Balaban J connectivity index is 1.46. The van der Waals surface area contributed by atoms with E-state index in [9.17, 15) is 27.6 Å². The van der Waals surface area contributed by atoms with Gasteiger partial charge in [0.05, 0.1) is 12.1 Å². The predicted octanol–water partition coefficient (Wildman–Crippen LogP) is 4.55. The van der Waals surface area contributed by atoms with Gasteiger partial charge in [0, 0.05) is 25.4 Å². The summed E-state index contributed by atoms with van der Waals surface area (Å²) in [5, 5.41) is 0. The van der Waals surface area contributed by atoms with Crippen LogP contribution in [0.3, 0.4) is 0 Å². The van der Waals surface area contributed by atoms with Crippen molar-refractivity contribution in [3.8, 4) is 11.1 Å². The molecule has 2 atom stereocenters. The summed E-state index contributed by atoms with van der Waals surface area (Å²) in [6.07, 6.45) is -2.93. The number of carbonyl (C=O) groups is 2. The van der Waals surface area contributed by atoms with E-state index in [0.29, 0.717) is 24.2 Å². The van der Waals surface area contributed by atoms with E-state index >= 15 is 0 Å². The predicted molar refractivity (Wildman–Crippen MR) is 134 cm³/mol. The second-order valence-corrected chi connectivity index (χ2v) is 11.0. The first kappa shape index (κ1) is 27.7. The van der Waals surface area contributed by atoms with E-state index in [1.54, 1.807) is 66.8 Å². The number of carbonyl (C=O) groups excluding carboxylic acids is 2. The standard InChI is InChI=1S/C27H32F3N3O5/c1-26(2,3)38-25(36)31-14-19(15-31)32-11-10-18(12-21(32)34)16-6-8-17(9-7-16)22-20(13-28)33(24(35)23(29)30)27(4,5)37-22/h6-12,19-20,22-23H,13-15H2,1-5H3. The minimum Gasteiger partial charge on any atom is -0.444 e. The lowest BCUT2D eigenvalue weighted by Crippen LogP contribution is -2.53. The van der Waals surface area contributed by atoms with Crippen LogP contribution in [0.2, 0.25) is 0 Å². The molecular formula is C27H32F3N3O5. The first-order valence-electron chi connectivity index (χ1n) is 12.4. The zero-order chi connectivity index (χ0) is 28.0. The second-order valence-electron chi connectivity index (χ2n) is 11.0. The molecule has 4 rings (SSSR count). The van der Waals surface area contributed by atoms with Crippen LogP contribution in [0.1, 0.15) is 52.3 Å². The molecule has 206 valence electrons. The monoisotopic (exact) mass is 535 g/mol. The van der Waals surface area contributed by atoms with Gasteiger partial charge < -0.3 is 23.8 Å². The summed E-state index contributed by atoms with van der Waals surface area (Å²) in [6.45, 7) is 8.00. The zero-order valence-corrected chi connectivity index (χ0v) is 22.0. The topological polar surface area (TPSA) is 81.1 Å². The molecule has 0 aliphatic carbocycles. The van der Waals surface area contributed by atoms with Gasteiger partial charge in [-0.15, -0.1) is 0 Å². The third-order valence-corrected chi connectivity index (χ3v) is 6.69. The Bertz CT molecular complexity index is 1250. The average molecular weight is 536 g/mol. The highest BCUT2D eigenvalue weighted by Gasteiger charge is 2.52. The fourth-order valence-corrected chi connectivity index (χ4v) is 4.90. The van der Waals surface area contributed by atoms with Gasteiger partial charge in [-0.3, -0.25) is 9.59 Å². The van der Waals surface area contributed by atoms with Crippen LogP contribution in [0.15, 0.2) is 47.4 Å². The smallest absolute Gasteiger partial charge is 0.410 e. The number of amides is 2. The van der Waals surface area contributed by atoms with Crippen LogP contribution in [0.4, 0.5) is 18.0 Å². The van der Waals surface area contributed by atoms with Crippen molar-refractivity contribution in [3.05, 3.63) is 58.5 Å². The van der Waals surface area contributed by atoms with Crippen molar-refractivity contribution in [3.63, 3.8) is 0 Å². The second kappa shape index (κ2) is 10.1. The third kappa shape index (κ3) is 5.43. The summed E-state index contributed by atoms with van der Waals surface area (Å²) in [5.74, 6) is -1.47. The van der Waals surface area contributed by atoms with Gasteiger partial charge in [-0.25, -0.2) is 9.18 Å². The van der Waals surface area contributed by atoms with Crippen molar-refractivity contribution in [2.45, 2.75) is 70.6 Å². The van der Waals surface area contributed by atoms with Crippen LogP contribution in [-0.2, 0) is 14.3 Å². The van der Waals surface area contributed by atoms with Gasteiger partial charge in [0.1, 0.15) is 24.1 Å². The van der Waals surface area contributed by atoms with Crippen molar-refractivity contribution in [1.82, 2.24) is 14.4 Å². The van der Waals surface area contributed by atoms with Crippen molar-refractivity contribution in [1.29, 1.82) is 0 Å². The molecule has 2 aliphatic rings. The van der Waals surface area contributed by atoms with E-state index in [1.165, 1.54) is 19.9 Å². The molecule has 2 aromatic rings. The number of pyridine rings is 1. The Labute approximate surface area is 218 Å². The lowest BCUT2D eigenvalue weighted by atomic mass is 9.99. The Morgan fingerprint density at radius 2 is 1.74 bits per heavy atom. The molecule has 38 heavy (non-hydrogen) atoms. The minimum atomic E-state index is -3.27. The van der Waals surface area contributed by atoms with Gasteiger partial charge in [0.2, 0.25) is 0 Å². The normalized spacial score (nSPS) is 21.5. The first-order chi connectivity index (χ1) is 17.7. The summed E-state index contributed by atoms with van der Waals surface area (Å²) >= 11 is 0. The molecule has 11 heteroatoms. The summed E-state index contributed by atoms with van der Waals surface area (Å²) < 4.78 is 53.0. The van der Waals surface area contributed by atoms with Gasteiger partial charge in [-0.05, 0) is 57.4 Å². The number of benzene rings is 1. The maximum atomic E-state index is 13.9. The van der Waals surface area contributed by atoms with E-state index in [4.69, 9.17) is 9.47 Å². The minimum absolute atomic E-state index is 0.147. The van der Waals surface area contributed by atoms with E-state index in [-0.39, 0.29) is 11.6 Å². The number of rotatable bonds is 5. The molecule has 1 aromatic carbocycles. The van der Waals surface area contributed by atoms with Gasteiger partial charge in [0.25, 0.3) is 11.5 Å². The number of nitrogens with zero attached hydrogens (tertiary/aromatic N) is 3. The summed E-state index contributed by atoms with van der Waals surface area (Å²) in [5.41, 5.74) is -0.314. The average Bonchev–Trinajstić information content (AvgIpc) is 3.07. The van der Waals surface area contributed by atoms with Crippen molar-refractivity contribution >= 4 is 12.0 Å². The largest absolute Gasteiger partial charge is 0.444 e. The molecule has 0 radical (unpaired) electrons. The maximum Gasteiger partial charge on any atom is 0.410 e. The lowest BCUT2D eigenvalue weighted by molar-refractivity contribution is -0.159. The number of hydrogen-bond acceptors (Lipinski definition) is 5. The third-order valence-electron chi connectivity index (χ3n) is 6.69. The highest BCUT2D eigenvalue weighted by molar-refractivity contribution is 5.80. The summed E-state index contributed by atoms with van der Waals surface area (Å²) in [4.78, 5) is 39.3. The molecule has 2 saturated heterocycles. The highest BCUT2D eigenvalue weighted by atomic mass is 19.3. The molecule has 1 aromatic heterocycles. The summed E-state index contributed by atoms with van der Waals surface area (Å²) in [7, 11) is 0. The van der Waals surface area contributed by atoms with E-state index < -0.39 is 48.6 Å². The number of halogens is 3. The highest BCUT2D eigenvalue weighted by Crippen LogP contribution is 2.42. The molecule has 2 aliphatic heterocycles. The fourth-order valence-electron chi connectivity index (χ4n) is 4.90. The van der Waals surface area contributed by atoms with Gasteiger partial charge in [-0.2, -0.15) is 8.78 Å². The van der Waals surface area contributed by atoms with Crippen molar-refractivity contribution in [2.24, 2.45) is 0 Å². The number of ether oxygens (including phenoxy) is 2. The van der Waals surface area contributed by atoms with Crippen LogP contribution in [0.5, 0.6) is 0 Å². The van der Waals surface area contributed by atoms with Gasteiger partial charge >= 0.3 is 12.5 Å². The molecule has 0 spiro atoms. The number of alkyl halides is 3. The Morgan fingerprint density at radius 3 is 2.26 bits per heavy atom. The lowest BCUT2D eigenvalue weighted by Gasteiger charge is -2.40. The van der Waals surface area contributed by atoms with Gasteiger partial charge in [-0.1, -0.05) is 24.3 Å². The molecule has 8 nitrogen and oxygen atoms in total. The van der Waals surface area contributed by atoms with E-state index in [2.05, 4.69) is 0 Å². The van der Waals surface area contributed by atoms with Gasteiger partial charge in [0.15, 0.2) is 0 Å². The van der Waals surface area contributed by atoms with Crippen molar-refractivity contribution in [2.75, 3.05) is 19.8 Å². The fraction of sp³-hybridized carbons (Fsp3) is 0.519.